The molecule has 0 saturated carbocycles. The highest BCUT2D eigenvalue weighted by atomic mass is 16.7. The minimum absolute atomic E-state index is 0.0816. The number of esters is 2. The molecule has 8 nitrogen and oxygen atoms in total. The van der Waals surface area contributed by atoms with Crippen LogP contribution >= 0.6 is 0 Å². The van der Waals surface area contributed by atoms with Crippen LogP contribution in [0.25, 0.3) is 0 Å². The van der Waals surface area contributed by atoms with Crippen molar-refractivity contribution in [1.29, 1.82) is 0 Å². The molecule has 210 valence electrons. The van der Waals surface area contributed by atoms with Crippen LogP contribution in [0, 0.1) is 12.8 Å². The Morgan fingerprint density at radius 3 is 2.18 bits per heavy atom. The van der Waals surface area contributed by atoms with E-state index in [1.165, 1.54) is 30.5 Å². The number of allylic oxidation sites excluding steroid dienone is 2. The van der Waals surface area contributed by atoms with Crippen LogP contribution in [0.1, 0.15) is 108 Å². The van der Waals surface area contributed by atoms with Crippen molar-refractivity contribution in [3.63, 3.8) is 0 Å². The third-order valence-electron chi connectivity index (χ3n) is 8.38. The Morgan fingerprint density at radius 1 is 0.947 bits per heavy atom. The summed E-state index contributed by atoms with van der Waals surface area (Å²) in [4.78, 5) is 23.5. The molecule has 1 saturated heterocycles. The monoisotopic (exact) mass is 530 g/mol. The van der Waals surface area contributed by atoms with Gasteiger partial charge in [-0.05, 0) is 81.4 Å². The Hall–Kier alpha value is -2.58. The normalized spacial score (nSPS) is 34.1. The molecule has 1 fully saturated rings. The summed E-state index contributed by atoms with van der Waals surface area (Å²) < 4.78 is 22.9. The van der Waals surface area contributed by atoms with Gasteiger partial charge in [-0.2, -0.15) is 0 Å². The van der Waals surface area contributed by atoms with E-state index < -0.39 is 42.6 Å². The molecule has 8 heteroatoms. The Bertz CT molecular complexity index is 1120. The molecule has 1 aromatic carbocycles. The smallest absolute Gasteiger partial charge is 0.303 e. The SMILES string of the molecule is CC(=O)O[C@@H]1[C@@H](O)[C@@H](Oc2c(C)c3c4c(c2O)[C@@H](C)CC[C@@H]4[C@@H](C)C[C@H]3C=C(C)C)O[C@H](C)[C@@H]1OC(C)=O. The van der Waals surface area contributed by atoms with Crippen molar-refractivity contribution in [3.8, 4) is 11.5 Å². The lowest BCUT2D eigenvalue weighted by Gasteiger charge is -2.44. The molecule has 2 aliphatic carbocycles. The van der Waals surface area contributed by atoms with Gasteiger partial charge < -0.3 is 29.2 Å². The average molecular weight is 531 g/mol. The van der Waals surface area contributed by atoms with Gasteiger partial charge in [-0.3, -0.25) is 9.59 Å². The zero-order valence-corrected chi connectivity index (χ0v) is 23.7. The highest BCUT2D eigenvalue weighted by Crippen LogP contribution is 2.58. The number of rotatable bonds is 5. The fourth-order valence-corrected chi connectivity index (χ4v) is 6.82. The number of hydrogen-bond donors (Lipinski definition) is 2. The van der Waals surface area contributed by atoms with Crippen LogP contribution in [-0.4, -0.2) is 52.9 Å². The van der Waals surface area contributed by atoms with Crippen molar-refractivity contribution in [3.05, 3.63) is 33.9 Å². The molecule has 1 heterocycles. The van der Waals surface area contributed by atoms with Crippen LogP contribution in [0.2, 0.25) is 0 Å². The number of carbonyl (C=O) groups excluding carboxylic acids is 2. The second kappa shape index (κ2) is 10.9. The second-order valence-corrected chi connectivity index (χ2v) is 11.7. The number of aliphatic hydroxyl groups is 1. The number of aromatic hydroxyl groups is 1. The largest absolute Gasteiger partial charge is 0.504 e. The van der Waals surface area contributed by atoms with Gasteiger partial charge in [-0.15, -0.1) is 0 Å². The molecule has 1 aromatic rings. The van der Waals surface area contributed by atoms with E-state index in [-0.39, 0.29) is 23.3 Å². The van der Waals surface area contributed by atoms with Crippen LogP contribution in [0.4, 0.5) is 0 Å². The van der Waals surface area contributed by atoms with Crippen molar-refractivity contribution in [1.82, 2.24) is 0 Å². The fraction of sp³-hybridized carbons (Fsp3) is 0.667. The van der Waals surface area contributed by atoms with E-state index in [1.807, 2.05) is 6.92 Å². The summed E-state index contributed by atoms with van der Waals surface area (Å²) >= 11 is 0. The van der Waals surface area contributed by atoms with Crippen LogP contribution in [0.15, 0.2) is 11.6 Å². The van der Waals surface area contributed by atoms with Crippen LogP contribution in [-0.2, 0) is 23.8 Å². The minimum atomic E-state index is -1.45. The van der Waals surface area contributed by atoms with Crippen LogP contribution in [0.5, 0.6) is 11.5 Å². The first-order valence-corrected chi connectivity index (χ1v) is 13.7. The maximum Gasteiger partial charge on any atom is 0.303 e. The number of carbonyl (C=O) groups is 2. The van der Waals surface area contributed by atoms with Gasteiger partial charge >= 0.3 is 11.9 Å². The van der Waals surface area contributed by atoms with Gasteiger partial charge in [0.25, 0.3) is 0 Å². The van der Waals surface area contributed by atoms with E-state index in [2.05, 4.69) is 33.8 Å². The molecule has 4 rings (SSSR count). The highest BCUT2D eigenvalue weighted by molar-refractivity contribution is 5.68. The molecule has 0 radical (unpaired) electrons. The molecule has 38 heavy (non-hydrogen) atoms. The molecular weight excluding hydrogens is 488 g/mol. The molecule has 9 atom stereocenters. The molecule has 0 spiro atoms. The standard InChI is InChI=1S/C30H42O8/c1-13(2)11-20-12-15(4)21-10-9-14(3)22-24(21)23(20)16(5)27(25(22)33)38-30-26(34)29(37-19(8)32)28(17(6)35-30)36-18(7)31/h11,14-15,17,20-21,26,28-30,33-34H,9-10,12H2,1-8H3/t14-,15-,17+,20+,21+,26+,28-,29+,30+/m0/s1. The minimum Gasteiger partial charge on any atom is -0.504 e. The summed E-state index contributed by atoms with van der Waals surface area (Å²) in [7, 11) is 0. The van der Waals surface area contributed by atoms with Crippen molar-refractivity contribution in [2.45, 2.75) is 123 Å². The molecule has 0 unspecified atom stereocenters. The van der Waals surface area contributed by atoms with Gasteiger partial charge in [0.05, 0.1) is 6.10 Å². The highest BCUT2D eigenvalue weighted by Gasteiger charge is 2.50. The second-order valence-electron chi connectivity index (χ2n) is 11.7. The van der Waals surface area contributed by atoms with Gasteiger partial charge in [0, 0.05) is 25.3 Å². The van der Waals surface area contributed by atoms with Gasteiger partial charge in [0.15, 0.2) is 29.8 Å². The summed E-state index contributed by atoms with van der Waals surface area (Å²) in [6, 6.07) is 0. The quantitative estimate of drug-likeness (QED) is 0.399. The van der Waals surface area contributed by atoms with Gasteiger partial charge in [0.2, 0.25) is 6.29 Å². The van der Waals surface area contributed by atoms with Crippen LogP contribution in [0.3, 0.4) is 0 Å². The molecular formula is C30H42O8. The summed E-state index contributed by atoms with van der Waals surface area (Å²) in [5.74, 6) is 0.354. The van der Waals surface area contributed by atoms with E-state index in [0.717, 1.165) is 30.4 Å². The Labute approximate surface area is 225 Å². The predicted octanol–water partition coefficient (Wildman–Crippen LogP) is 5.12. The average Bonchev–Trinajstić information content (AvgIpc) is 2.80. The lowest BCUT2D eigenvalue weighted by Crippen LogP contribution is -2.60. The number of ether oxygens (including phenoxy) is 4. The van der Waals surface area contributed by atoms with E-state index >= 15 is 0 Å². The zero-order chi connectivity index (χ0) is 28.0. The molecule has 0 aromatic heterocycles. The van der Waals surface area contributed by atoms with Gasteiger partial charge in [0.1, 0.15) is 0 Å². The third kappa shape index (κ3) is 5.17. The zero-order valence-electron chi connectivity index (χ0n) is 23.7. The number of aliphatic hydroxyl groups excluding tert-OH is 1. The first kappa shape index (κ1) is 28.4. The van der Waals surface area contributed by atoms with E-state index in [4.69, 9.17) is 18.9 Å². The Kier molecular flexibility index (Phi) is 8.15. The molecule has 3 aliphatic rings. The van der Waals surface area contributed by atoms with Crippen molar-refractivity contribution in [2.24, 2.45) is 5.92 Å². The maximum atomic E-state index is 11.8. The number of hydrogen-bond acceptors (Lipinski definition) is 8. The summed E-state index contributed by atoms with van der Waals surface area (Å²) in [5, 5.41) is 22.8. The lowest BCUT2D eigenvalue weighted by atomic mass is 9.62. The topological polar surface area (TPSA) is 112 Å². The van der Waals surface area contributed by atoms with E-state index in [9.17, 15) is 19.8 Å². The number of phenolic OH excluding ortho intramolecular Hbond substituents is 1. The summed E-state index contributed by atoms with van der Waals surface area (Å²) in [6.07, 6.45) is -0.266. The van der Waals surface area contributed by atoms with Crippen molar-refractivity contribution < 1.29 is 38.7 Å². The molecule has 1 aliphatic heterocycles. The Balaban J connectivity index is 1.79. The van der Waals surface area contributed by atoms with Crippen molar-refractivity contribution >= 4 is 11.9 Å². The molecule has 0 bridgehead atoms. The maximum absolute atomic E-state index is 11.8. The number of phenols is 1. The lowest BCUT2D eigenvalue weighted by molar-refractivity contribution is -0.276. The van der Waals surface area contributed by atoms with E-state index in [1.54, 1.807) is 6.92 Å². The third-order valence-corrected chi connectivity index (χ3v) is 8.38. The first-order valence-electron chi connectivity index (χ1n) is 13.7. The Morgan fingerprint density at radius 2 is 1.58 bits per heavy atom. The van der Waals surface area contributed by atoms with E-state index in [0.29, 0.717) is 11.8 Å². The summed E-state index contributed by atoms with van der Waals surface area (Å²) in [6.45, 7) is 14.7. The molecule has 2 N–H and O–H groups in total. The van der Waals surface area contributed by atoms with Gasteiger partial charge in [-0.25, -0.2) is 0 Å². The molecule has 0 amide bonds. The number of benzene rings is 1. The van der Waals surface area contributed by atoms with Crippen molar-refractivity contribution in [2.75, 3.05) is 0 Å². The predicted molar refractivity (Wildman–Crippen MR) is 141 cm³/mol. The summed E-state index contributed by atoms with van der Waals surface area (Å²) in [5.41, 5.74) is 5.41. The van der Waals surface area contributed by atoms with Crippen LogP contribution < -0.4 is 4.74 Å². The first-order chi connectivity index (χ1) is 17.8. The van der Waals surface area contributed by atoms with Gasteiger partial charge in [-0.1, -0.05) is 25.5 Å². The fourth-order valence-electron chi connectivity index (χ4n) is 6.82.